The van der Waals surface area contributed by atoms with Crippen LogP contribution in [0.25, 0.3) is 0 Å². The second-order valence-corrected chi connectivity index (χ2v) is 4.39. The summed E-state index contributed by atoms with van der Waals surface area (Å²) < 4.78 is 5.32. The molecule has 4 N–H and O–H groups in total. The Morgan fingerprint density at radius 3 is 2.78 bits per heavy atom. The molecule has 2 rings (SSSR count). The van der Waals surface area contributed by atoms with Crippen LogP contribution in [0.1, 0.15) is 11.6 Å². The Hall–Kier alpha value is -1.43. The van der Waals surface area contributed by atoms with Crippen LogP contribution >= 0.6 is 0 Å². The molecule has 1 aromatic carbocycles. The number of rotatable bonds is 4. The number of carbonyl (C=O) groups is 1. The molecular formula is C13H19N3O2. The molecule has 2 unspecified atom stereocenters. The monoisotopic (exact) mass is 249 g/mol. The lowest BCUT2D eigenvalue weighted by Gasteiger charge is -2.39. The van der Waals surface area contributed by atoms with E-state index in [1.807, 2.05) is 35.2 Å². The minimum Gasteiger partial charge on any atom is -0.378 e. The van der Waals surface area contributed by atoms with E-state index in [1.165, 1.54) is 0 Å². The highest BCUT2D eigenvalue weighted by Gasteiger charge is 2.32. The summed E-state index contributed by atoms with van der Waals surface area (Å²) in [6, 6.07) is 9.55. The van der Waals surface area contributed by atoms with Gasteiger partial charge in [0, 0.05) is 19.1 Å². The van der Waals surface area contributed by atoms with E-state index in [9.17, 15) is 4.79 Å². The Bertz CT molecular complexity index is 396. The average molecular weight is 249 g/mol. The van der Waals surface area contributed by atoms with Gasteiger partial charge >= 0.3 is 0 Å². The van der Waals surface area contributed by atoms with Gasteiger partial charge in [-0.2, -0.15) is 0 Å². The quantitative estimate of drug-likeness (QED) is 0.779. The summed E-state index contributed by atoms with van der Waals surface area (Å²) >= 11 is 0. The molecule has 5 heteroatoms. The molecule has 18 heavy (non-hydrogen) atoms. The van der Waals surface area contributed by atoms with Crippen LogP contribution in [-0.4, -0.2) is 43.2 Å². The predicted molar refractivity (Wildman–Crippen MR) is 68.7 cm³/mol. The first-order chi connectivity index (χ1) is 8.74. The highest BCUT2D eigenvalue weighted by atomic mass is 16.5. The zero-order valence-electron chi connectivity index (χ0n) is 10.3. The van der Waals surface area contributed by atoms with Crippen molar-refractivity contribution in [3.05, 3.63) is 35.9 Å². The van der Waals surface area contributed by atoms with Crippen molar-refractivity contribution in [2.24, 2.45) is 11.5 Å². The summed E-state index contributed by atoms with van der Waals surface area (Å²) in [5, 5.41) is 0. The van der Waals surface area contributed by atoms with Gasteiger partial charge in [0.2, 0.25) is 5.91 Å². The number of amides is 1. The average Bonchev–Trinajstić information content (AvgIpc) is 2.41. The molecule has 1 heterocycles. The second-order valence-electron chi connectivity index (χ2n) is 4.39. The second kappa shape index (κ2) is 5.95. The summed E-state index contributed by atoms with van der Waals surface area (Å²) in [5.41, 5.74) is 12.4. The molecule has 0 spiro atoms. The third-order valence-corrected chi connectivity index (χ3v) is 3.31. The van der Waals surface area contributed by atoms with Gasteiger partial charge in [-0.3, -0.25) is 9.69 Å². The molecule has 1 aromatic rings. The lowest BCUT2D eigenvalue weighted by molar-refractivity contribution is -0.131. The molecule has 0 bridgehead atoms. The van der Waals surface area contributed by atoms with Crippen LogP contribution in [0.2, 0.25) is 0 Å². The van der Waals surface area contributed by atoms with Gasteiger partial charge in [-0.25, -0.2) is 0 Å². The molecular weight excluding hydrogens is 230 g/mol. The summed E-state index contributed by atoms with van der Waals surface area (Å²) in [5.74, 6) is -0.357. The summed E-state index contributed by atoms with van der Waals surface area (Å²) in [6.07, 6.45) is 0. The Morgan fingerprint density at radius 2 is 2.17 bits per heavy atom. The molecule has 1 aliphatic heterocycles. The first-order valence-electron chi connectivity index (χ1n) is 6.12. The van der Waals surface area contributed by atoms with Crippen molar-refractivity contribution in [3.63, 3.8) is 0 Å². The number of nitrogens with zero attached hydrogens (tertiary/aromatic N) is 1. The van der Waals surface area contributed by atoms with Crippen molar-refractivity contribution >= 4 is 5.91 Å². The zero-order valence-corrected chi connectivity index (χ0v) is 10.3. The number of ether oxygens (including phenoxy) is 1. The topological polar surface area (TPSA) is 81.6 Å². The summed E-state index contributed by atoms with van der Waals surface area (Å²) in [4.78, 5) is 13.5. The largest absolute Gasteiger partial charge is 0.378 e. The molecule has 2 atom stereocenters. The van der Waals surface area contributed by atoms with Crippen LogP contribution in [0.5, 0.6) is 0 Å². The van der Waals surface area contributed by atoms with Crippen molar-refractivity contribution in [3.8, 4) is 0 Å². The lowest BCUT2D eigenvalue weighted by atomic mass is 10.0. The van der Waals surface area contributed by atoms with E-state index in [-0.39, 0.29) is 11.9 Å². The maximum atomic E-state index is 11.5. The van der Waals surface area contributed by atoms with Gasteiger partial charge < -0.3 is 16.2 Å². The summed E-state index contributed by atoms with van der Waals surface area (Å²) in [7, 11) is 0. The van der Waals surface area contributed by atoms with Gasteiger partial charge in [0.1, 0.15) is 6.04 Å². The van der Waals surface area contributed by atoms with E-state index in [4.69, 9.17) is 16.2 Å². The number of benzene rings is 1. The number of primary amides is 1. The van der Waals surface area contributed by atoms with Crippen LogP contribution in [-0.2, 0) is 9.53 Å². The van der Waals surface area contributed by atoms with Crippen LogP contribution in [0.15, 0.2) is 30.3 Å². The molecule has 1 saturated heterocycles. The first-order valence-corrected chi connectivity index (χ1v) is 6.12. The van der Waals surface area contributed by atoms with Crippen molar-refractivity contribution in [2.45, 2.75) is 12.1 Å². The fourth-order valence-electron chi connectivity index (χ4n) is 2.37. The molecule has 1 fully saturated rings. The Kier molecular flexibility index (Phi) is 4.30. The molecule has 1 aliphatic rings. The molecule has 0 radical (unpaired) electrons. The maximum absolute atomic E-state index is 11.5. The molecule has 0 saturated carbocycles. The van der Waals surface area contributed by atoms with E-state index < -0.39 is 6.04 Å². The smallest absolute Gasteiger partial charge is 0.237 e. The number of morpholine rings is 1. The van der Waals surface area contributed by atoms with Crippen LogP contribution in [0, 0.1) is 0 Å². The van der Waals surface area contributed by atoms with E-state index in [0.717, 1.165) is 5.56 Å². The fourth-order valence-corrected chi connectivity index (χ4v) is 2.37. The molecule has 0 aromatic heterocycles. The number of nitrogens with two attached hydrogens (primary N) is 2. The van der Waals surface area contributed by atoms with Gasteiger partial charge in [0.15, 0.2) is 0 Å². The predicted octanol–water partition coefficient (Wildman–Crippen LogP) is -0.127. The minimum absolute atomic E-state index is 0.00704. The maximum Gasteiger partial charge on any atom is 0.237 e. The van der Waals surface area contributed by atoms with Gasteiger partial charge in [0.25, 0.3) is 0 Å². The molecule has 0 aliphatic carbocycles. The normalized spacial score (nSPS) is 22.6. The standard InChI is InChI=1S/C13H19N3O2/c14-8-11(10-4-2-1-3-5-10)16-6-7-18-9-12(16)13(15)17/h1-5,11-12H,6-9,14H2,(H2,15,17). The SMILES string of the molecule is NCC(c1ccccc1)N1CCOCC1C(N)=O. The first kappa shape index (κ1) is 13.0. The van der Waals surface area contributed by atoms with Gasteiger partial charge in [0.05, 0.1) is 13.2 Å². The number of carbonyl (C=O) groups excluding carboxylic acids is 1. The van der Waals surface area contributed by atoms with E-state index in [2.05, 4.69) is 0 Å². The van der Waals surface area contributed by atoms with Gasteiger partial charge in [-0.05, 0) is 5.56 Å². The van der Waals surface area contributed by atoms with Crippen molar-refractivity contribution in [2.75, 3.05) is 26.3 Å². The molecule has 98 valence electrons. The molecule has 5 nitrogen and oxygen atoms in total. The highest BCUT2D eigenvalue weighted by Crippen LogP contribution is 2.23. The van der Waals surface area contributed by atoms with E-state index >= 15 is 0 Å². The zero-order chi connectivity index (χ0) is 13.0. The summed E-state index contributed by atoms with van der Waals surface area (Å²) in [6.45, 7) is 2.07. The minimum atomic E-state index is -0.396. The van der Waals surface area contributed by atoms with Crippen LogP contribution in [0.4, 0.5) is 0 Å². The van der Waals surface area contributed by atoms with E-state index in [1.54, 1.807) is 0 Å². The number of hydrogen-bond acceptors (Lipinski definition) is 4. The van der Waals surface area contributed by atoms with Gasteiger partial charge in [-0.15, -0.1) is 0 Å². The van der Waals surface area contributed by atoms with Crippen LogP contribution in [0.3, 0.4) is 0 Å². The van der Waals surface area contributed by atoms with Crippen molar-refractivity contribution < 1.29 is 9.53 Å². The van der Waals surface area contributed by atoms with Crippen LogP contribution < -0.4 is 11.5 Å². The number of hydrogen-bond donors (Lipinski definition) is 2. The van der Waals surface area contributed by atoms with Crippen molar-refractivity contribution in [1.29, 1.82) is 0 Å². The van der Waals surface area contributed by atoms with E-state index in [0.29, 0.717) is 26.3 Å². The fraction of sp³-hybridized carbons (Fsp3) is 0.462. The Balaban J connectivity index is 2.22. The Labute approximate surface area is 107 Å². The third kappa shape index (κ3) is 2.69. The highest BCUT2D eigenvalue weighted by molar-refractivity contribution is 5.80. The van der Waals surface area contributed by atoms with Crippen molar-refractivity contribution in [1.82, 2.24) is 4.90 Å². The third-order valence-electron chi connectivity index (χ3n) is 3.31. The van der Waals surface area contributed by atoms with Gasteiger partial charge in [-0.1, -0.05) is 30.3 Å². The lowest BCUT2D eigenvalue weighted by Crippen LogP contribution is -2.54. The molecule has 1 amide bonds. The Morgan fingerprint density at radius 1 is 1.44 bits per heavy atom.